The van der Waals surface area contributed by atoms with Crippen molar-refractivity contribution in [3.8, 4) is 0 Å². The highest BCUT2D eigenvalue weighted by Crippen LogP contribution is 2.27. The van der Waals surface area contributed by atoms with Crippen LogP contribution in [-0.4, -0.2) is 5.71 Å². The van der Waals surface area contributed by atoms with Crippen LogP contribution in [0.1, 0.15) is 44.6 Å². The molecule has 9 heteroatoms. The van der Waals surface area contributed by atoms with Gasteiger partial charge in [0.25, 0.3) is 0 Å². The molecule has 2 aromatic carbocycles. The van der Waals surface area contributed by atoms with Crippen molar-refractivity contribution in [3.05, 3.63) is 69.0 Å². The Hall–Kier alpha value is -2.12. The lowest BCUT2D eigenvalue weighted by Crippen LogP contribution is -2.08. The van der Waals surface area contributed by atoms with Crippen LogP contribution in [0.2, 0.25) is 10.0 Å². The van der Waals surface area contributed by atoms with Crippen LogP contribution >= 0.6 is 23.2 Å². The molecule has 162 valence electrons. The number of halogens is 7. The molecule has 0 amide bonds. The van der Waals surface area contributed by atoms with Crippen LogP contribution in [-0.2, 0) is 0 Å². The van der Waals surface area contributed by atoms with Crippen molar-refractivity contribution < 1.29 is 22.0 Å². The van der Waals surface area contributed by atoms with E-state index in [4.69, 9.17) is 23.2 Å². The van der Waals surface area contributed by atoms with E-state index in [1.165, 1.54) is 0 Å². The van der Waals surface area contributed by atoms with Gasteiger partial charge in [-0.05, 0) is 36.6 Å². The first-order valence-electron chi connectivity index (χ1n) is 9.23. The molecule has 0 unspecified atom stereocenters. The van der Waals surface area contributed by atoms with Crippen LogP contribution in [0.25, 0.3) is 6.08 Å². The summed E-state index contributed by atoms with van der Waals surface area (Å²) in [6.45, 7) is 2.05. The van der Waals surface area contributed by atoms with E-state index in [1.807, 2.05) is 12.3 Å². The Bertz CT molecular complexity index is 932. The highest BCUT2D eigenvalue weighted by Gasteiger charge is 2.25. The molecule has 0 aliphatic heterocycles. The molecule has 0 aliphatic rings. The van der Waals surface area contributed by atoms with Crippen LogP contribution in [0.3, 0.4) is 0 Å². The number of nitrogens with one attached hydrogen (secondary N) is 1. The first kappa shape index (κ1) is 24.2. The Morgan fingerprint density at radius 2 is 1.53 bits per heavy atom. The standard InChI is InChI=1S/C21H19Cl2F5N2/c1-2-3-4-5-6-13(9-7-12-8-10-14(22)15(23)11-12)29-30-21-19(27)17(25)16(24)18(26)20(21)28/h7-11,30H,2-6H2,1H3/b9-7-,29-13-. The zero-order valence-electron chi connectivity index (χ0n) is 16.0. The Labute approximate surface area is 181 Å². The van der Waals surface area contributed by atoms with Gasteiger partial charge in [0.1, 0.15) is 5.69 Å². The molecule has 0 bridgehead atoms. The van der Waals surface area contributed by atoms with Gasteiger partial charge in [0.2, 0.25) is 5.82 Å². The number of rotatable bonds is 9. The van der Waals surface area contributed by atoms with Gasteiger partial charge in [0.15, 0.2) is 23.3 Å². The number of unbranched alkanes of at least 4 members (excludes halogenated alkanes) is 3. The van der Waals surface area contributed by atoms with Gasteiger partial charge in [-0.2, -0.15) is 5.10 Å². The number of anilines is 1. The maximum absolute atomic E-state index is 13.8. The lowest BCUT2D eigenvalue weighted by Gasteiger charge is -2.09. The Balaban J connectivity index is 2.29. The predicted octanol–water partition coefficient (Wildman–Crippen LogP) is 8.14. The second-order valence-corrected chi connectivity index (χ2v) is 7.29. The predicted molar refractivity (Wildman–Crippen MR) is 112 cm³/mol. The number of hydrazone groups is 1. The van der Waals surface area contributed by atoms with E-state index in [0.29, 0.717) is 27.7 Å². The van der Waals surface area contributed by atoms with Gasteiger partial charge in [0, 0.05) is 0 Å². The maximum Gasteiger partial charge on any atom is 0.200 e. The third kappa shape index (κ3) is 6.19. The van der Waals surface area contributed by atoms with Crippen LogP contribution < -0.4 is 5.43 Å². The third-order valence-corrected chi connectivity index (χ3v) is 4.96. The van der Waals surface area contributed by atoms with Gasteiger partial charge >= 0.3 is 0 Å². The molecule has 0 fully saturated rings. The molecule has 2 aromatic rings. The van der Waals surface area contributed by atoms with E-state index in [1.54, 1.807) is 30.4 Å². The topological polar surface area (TPSA) is 24.4 Å². The van der Waals surface area contributed by atoms with Crippen LogP contribution in [0.15, 0.2) is 29.4 Å². The van der Waals surface area contributed by atoms with Crippen molar-refractivity contribution in [3.63, 3.8) is 0 Å². The van der Waals surface area contributed by atoms with E-state index < -0.39 is 34.8 Å². The Morgan fingerprint density at radius 3 is 2.13 bits per heavy atom. The minimum absolute atomic E-state index is 0.347. The summed E-state index contributed by atoms with van der Waals surface area (Å²) in [5.41, 5.74) is 1.83. The SMILES string of the molecule is CCCCCCC(/C=C\c1ccc(Cl)c(Cl)c1)=N/Nc1c(F)c(F)c(F)c(F)c1F. The van der Waals surface area contributed by atoms with Crippen molar-refractivity contribution in [2.75, 3.05) is 5.43 Å². The molecule has 1 N–H and O–H groups in total. The average Bonchev–Trinajstić information content (AvgIpc) is 2.73. The van der Waals surface area contributed by atoms with E-state index in [-0.39, 0.29) is 0 Å². The normalized spacial score (nSPS) is 12.1. The van der Waals surface area contributed by atoms with Crippen molar-refractivity contribution in [2.24, 2.45) is 5.10 Å². The highest BCUT2D eigenvalue weighted by molar-refractivity contribution is 6.42. The highest BCUT2D eigenvalue weighted by atomic mass is 35.5. The van der Waals surface area contributed by atoms with E-state index in [2.05, 4.69) is 5.10 Å². The van der Waals surface area contributed by atoms with E-state index in [0.717, 1.165) is 25.7 Å². The number of benzene rings is 2. The molecule has 0 saturated carbocycles. The molecule has 2 rings (SSSR count). The second kappa shape index (κ2) is 11.3. The summed E-state index contributed by atoms with van der Waals surface area (Å²) in [5.74, 6) is -10.3. The third-order valence-electron chi connectivity index (χ3n) is 4.22. The maximum atomic E-state index is 13.8. The summed E-state index contributed by atoms with van der Waals surface area (Å²) < 4.78 is 67.6. The molecular formula is C21H19Cl2F5N2. The van der Waals surface area contributed by atoms with Crippen molar-refractivity contribution in [1.82, 2.24) is 0 Å². The number of allylic oxidation sites excluding steroid dienone is 1. The van der Waals surface area contributed by atoms with Crippen molar-refractivity contribution in [1.29, 1.82) is 0 Å². The largest absolute Gasteiger partial charge is 0.272 e. The lowest BCUT2D eigenvalue weighted by molar-refractivity contribution is 0.381. The minimum atomic E-state index is -2.22. The van der Waals surface area contributed by atoms with E-state index >= 15 is 0 Å². The minimum Gasteiger partial charge on any atom is -0.272 e. The van der Waals surface area contributed by atoms with Crippen molar-refractivity contribution >= 4 is 40.7 Å². The quantitative estimate of drug-likeness (QED) is 0.0992. The molecule has 0 aliphatic carbocycles. The zero-order chi connectivity index (χ0) is 22.3. The first-order chi connectivity index (χ1) is 14.3. The summed E-state index contributed by atoms with van der Waals surface area (Å²) in [6.07, 6.45) is 7.30. The van der Waals surface area contributed by atoms with Gasteiger partial charge in [0.05, 0.1) is 15.8 Å². The lowest BCUT2D eigenvalue weighted by atomic mass is 10.1. The molecule has 30 heavy (non-hydrogen) atoms. The molecule has 2 nitrogen and oxygen atoms in total. The molecule has 0 aromatic heterocycles. The van der Waals surface area contributed by atoms with E-state index in [9.17, 15) is 22.0 Å². The Morgan fingerprint density at radius 1 is 0.900 bits per heavy atom. The van der Waals surface area contributed by atoms with Gasteiger partial charge in [-0.15, -0.1) is 0 Å². The first-order valence-corrected chi connectivity index (χ1v) is 9.99. The fourth-order valence-electron chi connectivity index (χ4n) is 2.55. The summed E-state index contributed by atoms with van der Waals surface area (Å²) in [4.78, 5) is 0. The van der Waals surface area contributed by atoms with Crippen LogP contribution in [0.5, 0.6) is 0 Å². The molecule has 0 spiro atoms. The number of nitrogens with zero attached hydrogens (tertiary/aromatic N) is 1. The molecule has 0 radical (unpaired) electrons. The smallest absolute Gasteiger partial charge is 0.200 e. The zero-order valence-corrected chi connectivity index (χ0v) is 17.5. The second-order valence-electron chi connectivity index (χ2n) is 6.48. The summed E-state index contributed by atoms with van der Waals surface area (Å²) in [6, 6.07) is 4.93. The number of hydrogen-bond acceptors (Lipinski definition) is 2. The summed E-state index contributed by atoms with van der Waals surface area (Å²) in [7, 11) is 0. The Kier molecular flexibility index (Phi) is 9.11. The number of hydrogen-bond donors (Lipinski definition) is 1. The van der Waals surface area contributed by atoms with Gasteiger partial charge in [-0.25, -0.2) is 22.0 Å². The van der Waals surface area contributed by atoms with Gasteiger partial charge in [-0.3, -0.25) is 5.43 Å². The molecule has 0 saturated heterocycles. The molecule has 0 heterocycles. The van der Waals surface area contributed by atoms with Crippen LogP contribution in [0, 0.1) is 29.1 Å². The average molecular weight is 465 g/mol. The molecular weight excluding hydrogens is 446 g/mol. The van der Waals surface area contributed by atoms with Gasteiger partial charge < -0.3 is 0 Å². The monoisotopic (exact) mass is 464 g/mol. The fraction of sp³-hybridized carbons (Fsp3) is 0.286. The van der Waals surface area contributed by atoms with Gasteiger partial charge in [-0.1, -0.05) is 61.5 Å². The van der Waals surface area contributed by atoms with Crippen LogP contribution in [0.4, 0.5) is 27.6 Å². The molecule has 0 atom stereocenters. The summed E-state index contributed by atoms with van der Waals surface area (Å²) in [5, 5.41) is 4.60. The fourth-order valence-corrected chi connectivity index (χ4v) is 2.86. The summed E-state index contributed by atoms with van der Waals surface area (Å²) >= 11 is 11.8. The van der Waals surface area contributed by atoms with Crippen molar-refractivity contribution in [2.45, 2.75) is 39.0 Å².